The van der Waals surface area contributed by atoms with Gasteiger partial charge < -0.3 is 10.2 Å². The highest BCUT2D eigenvalue weighted by atomic mass is 32.2. The normalized spacial score (nSPS) is 12.9. The van der Waals surface area contributed by atoms with Crippen LogP contribution < -0.4 is 5.73 Å². The van der Waals surface area contributed by atoms with E-state index in [9.17, 15) is 0 Å². The Hall–Kier alpha value is -0.780. The number of rotatable bonds is 4. The number of nitrogens with two attached hydrogens (primary N) is 1. The SMILES string of the molecule is Cc1ccsc1C(CN)Sc1nc(C)c(C)o1. The second-order valence-corrected chi connectivity index (χ2v) is 6.03. The van der Waals surface area contributed by atoms with Crippen molar-refractivity contribution in [3.05, 3.63) is 33.3 Å². The smallest absolute Gasteiger partial charge is 0.256 e. The predicted molar refractivity (Wildman–Crippen MR) is 72.7 cm³/mol. The van der Waals surface area contributed by atoms with Crippen LogP contribution in [0.2, 0.25) is 0 Å². The first kappa shape index (κ1) is 12.7. The van der Waals surface area contributed by atoms with Gasteiger partial charge in [-0.1, -0.05) is 11.8 Å². The molecule has 0 bridgehead atoms. The Labute approximate surface area is 109 Å². The third-order valence-corrected chi connectivity index (χ3v) is 5.03. The fraction of sp³-hybridized carbons (Fsp3) is 0.417. The maximum atomic E-state index is 5.84. The number of aromatic nitrogens is 1. The topological polar surface area (TPSA) is 52.0 Å². The van der Waals surface area contributed by atoms with Gasteiger partial charge >= 0.3 is 0 Å². The molecule has 0 radical (unpaired) electrons. The molecule has 0 spiro atoms. The molecule has 0 aliphatic rings. The lowest BCUT2D eigenvalue weighted by Gasteiger charge is -2.11. The Bertz CT molecular complexity index is 485. The predicted octanol–water partition coefficient (Wildman–Crippen LogP) is 3.45. The summed E-state index contributed by atoms with van der Waals surface area (Å²) in [6.07, 6.45) is 0. The van der Waals surface area contributed by atoms with E-state index in [1.54, 1.807) is 23.1 Å². The summed E-state index contributed by atoms with van der Waals surface area (Å²) in [6.45, 7) is 6.59. The average Bonchev–Trinajstić information content (AvgIpc) is 2.83. The minimum atomic E-state index is 0.229. The molecular formula is C12H16N2OS2. The summed E-state index contributed by atoms with van der Waals surface area (Å²) < 4.78 is 5.59. The van der Waals surface area contributed by atoms with Crippen LogP contribution in [0.5, 0.6) is 0 Å². The molecule has 0 aromatic carbocycles. The third kappa shape index (κ3) is 2.73. The molecule has 0 saturated heterocycles. The molecule has 1 unspecified atom stereocenters. The molecule has 3 nitrogen and oxygen atoms in total. The third-order valence-electron chi connectivity index (χ3n) is 2.66. The molecule has 0 aliphatic carbocycles. The van der Waals surface area contributed by atoms with Crippen LogP contribution in [0.1, 0.15) is 27.1 Å². The Kier molecular flexibility index (Phi) is 3.91. The first-order valence-corrected chi connectivity index (χ1v) is 7.22. The summed E-state index contributed by atoms with van der Waals surface area (Å²) in [4.78, 5) is 5.69. The number of thioether (sulfide) groups is 1. The summed E-state index contributed by atoms with van der Waals surface area (Å²) in [5, 5.41) is 3.04. The second-order valence-electron chi connectivity index (χ2n) is 3.93. The van der Waals surface area contributed by atoms with E-state index in [1.165, 1.54) is 10.4 Å². The largest absolute Gasteiger partial charge is 0.437 e. The molecule has 2 aromatic rings. The van der Waals surface area contributed by atoms with Crippen LogP contribution in [-0.4, -0.2) is 11.5 Å². The minimum Gasteiger partial charge on any atom is -0.437 e. The summed E-state index contributed by atoms with van der Waals surface area (Å²) in [6, 6.07) is 2.12. The van der Waals surface area contributed by atoms with Gasteiger partial charge in [-0.2, -0.15) is 0 Å². The molecule has 17 heavy (non-hydrogen) atoms. The molecule has 5 heteroatoms. The van der Waals surface area contributed by atoms with Crippen molar-refractivity contribution in [2.45, 2.75) is 31.2 Å². The van der Waals surface area contributed by atoms with Crippen LogP contribution in [0.3, 0.4) is 0 Å². The lowest BCUT2D eigenvalue weighted by Crippen LogP contribution is -2.08. The standard InChI is InChI=1S/C12H16N2OS2/c1-7-4-5-16-11(7)10(6-13)17-12-14-8(2)9(3)15-12/h4-5,10H,6,13H2,1-3H3. The van der Waals surface area contributed by atoms with E-state index in [0.717, 1.165) is 11.5 Å². The second kappa shape index (κ2) is 5.25. The van der Waals surface area contributed by atoms with E-state index in [4.69, 9.17) is 10.2 Å². The zero-order valence-corrected chi connectivity index (χ0v) is 11.8. The molecule has 0 saturated carbocycles. The van der Waals surface area contributed by atoms with Crippen LogP contribution in [0.4, 0.5) is 0 Å². The van der Waals surface area contributed by atoms with Crippen LogP contribution in [0.15, 0.2) is 21.1 Å². The van der Waals surface area contributed by atoms with Gasteiger partial charge in [0, 0.05) is 11.4 Å². The van der Waals surface area contributed by atoms with Gasteiger partial charge in [0.2, 0.25) is 0 Å². The summed E-state index contributed by atoms with van der Waals surface area (Å²) in [7, 11) is 0. The van der Waals surface area contributed by atoms with Crippen molar-refractivity contribution in [3.63, 3.8) is 0 Å². The zero-order valence-electron chi connectivity index (χ0n) is 10.2. The van der Waals surface area contributed by atoms with Crippen molar-refractivity contribution in [3.8, 4) is 0 Å². The number of aryl methyl sites for hydroxylation is 3. The Morgan fingerprint density at radius 3 is 2.71 bits per heavy atom. The lowest BCUT2D eigenvalue weighted by molar-refractivity contribution is 0.430. The number of hydrogen-bond acceptors (Lipinski definition) is 5. The number of oxazole rings is 1. The highest BCUT2D eigenvalue weighted by Crippen LogP contribution is 2.38. The first-order chi connectivity index (χ1) is 8.11. The van der Waals surface area contributed by atoms with Crippen LogP contribution in [-0.2, 0) is 0 Å². The van der Waals surface area contributed by atoms with Crippen LogP contribution >= 0.6 is 23.1 Å². The van der Waals surface area contributed by atoms with E-state index in [1.807, 2.05) is 13.8 Å². The molecule has 0 fully saturated rings. The van der Waals surface area contributed by atoms with E-state index < -0.39 is 0 Å². The van der Waals surface area contributed by atoms with Crippen molar-refractivity contribution in [2.24, 2.45) is 5.73 Å². The van der Waals surface area contributed by atoms with Gasteiger partial charge in [0.05, 0.1) is 10.9 Å². The molecule has 0 aliphatic heterocycles. The van der Waals surface area contributed by atoms with Crippen LogP contribution in [0.25, 0.3) is 0 Å². The Morgan fingerprint density at radius 1 is 1.47 bits per heavy atom. The van der Waals surface area contributed by atoms with Gasteiger partial charge in [0.25, 0.3) is 5.22 Å². The van der Waals surface area contributed by atoms with Gasteiger partial charge in [-0.15, -0.1) is 11.3 Å². The average molecular weight is 268 g/mol. The van der Waals surface area contributed by atoms with Crippen molar-refractivity contribution < 1.29 is 4.42 Å². The first-order valence-electron chi connectivity index (χ1n) is 5.46. The summed E-state index contributed by atoms with van der Waals surface area (Å²) in [5.41, 5.74) is 8.08. The van der Waals surface area contributed by atoms with Crippen molar-refractivity contribution in [1.82, 2.24) is 4.98 Å². The molecule has 0 amide bonds. The number of nitrogens with zero attached hydrogens (tertiary/aromatic N) is 1. The number of hydrogen-bond donors (Lipinski definition) is 1. The fourth-order valence-electron chi connectivity index (χ4n) is 1.54. The highest BCUT2D eigenvalue weighted by Gasteiger charge is 2.18. The molecule has 1 atom stereocenters. The van der Waals surface area contributed by atoms with Crippen molar-refractivity contribution >= 4 is 23.1 Å². The lowest BCUT2D eigenvalue weighted by atomic mass is 10.2. The van der Waals surface area contributed by atoms with Crippen molar-refractivity contribution in [1.29, 1.82) is 0 Å². The van der Waals surface area contributed by atoms with Gasteiger partial charge in [-0.05, 0) is 37.8 Å². The molecular weight excluding hydrogens is 252 g/mol. The maximum Gasteiger partial charge on any atom is 0.256 e. The monoisotopic (exact) mass is 268 g/mol. The van der Waals surface area contributed by atoms with E-state index in [2.05, 4.69) is 23.4 Å². The molecule has 2 N–H and O–H groups in total. The minimum absolute atomic E-state index is 0.229. The molecule has 2 aromatic heterocycles. The highest BCUT2D eigenvalue weighted by molar-refractivity contribution is 7.99. The Morgan fingerprint density at radius 2 is 2.24 bits per heavy atom. The van der Waals surface area contributed by atoms with Gasteiger partial charge in [-0.3, -0.25) is 0 Å². The molecule has 2 heterocycles. The zero-order chi connectivity index (χ0) is 12.4. The summed E-state index contributed by atoms with van der Waals surface area (Å²) in [5.74, 6) is 0.881. The van der Waals surface area contributed by atoms with E-state index in [0.29, 0.717) is 11.8 Å². The van der Waals surface area contributed by atoms with E-state index in [-0.39, 0.29) is 5.25 Å². The fourth-order valence-corrected chi connectivity index (χ4v) is 3.77. The van der Waals surface area contributed by atoms with Crippen LogP contribution in [0, 0.1) is 20.8 Å². The number of thiophene rings is 1. The molecule has 2 rings (SSSR count). The van der Waals surface area contributed by atoms with E-state index >= 15 is 0 Å². The Balaban J connectivity index is 2.18. The van der Waals surface area contributed by atoms with Gasteiger partial charge in [0.15, 0.2) is 0 Å². The van der Waals surface area contributed by atoms with Crippen molar-refractivity contribution in [2.75, 3.05) is 6.54 Å². The molecule has 92 valence electrons. The van der Waals surface area contributed by atoms with Gasteiger partial charge in [-0.25, -0.2) is 4.98 Å². The summed E-state index contributed by atoms with van der Waals surface area (Å²) >= 11 is 3.35. The maximum absolute atomic E-state index is 5.84. The van der Waals surface area contributed by atoms with Gasteiger partial charge in [0.1, 0.15) is 5.76 Å². The quantitative estimate of drug-likeness (QED) is 0.863.